The molecule has 0 saturated heterocycles. The van der Waals surface area contributed by atoms with E-state index in [1.54, 1.807) is 6.92 Å². The molecule has 1 atom stereocenters. The molecule has 14 heavy (non-hydrogen) atoms. The first-order valence-corrected chi connectivity index (χ1v) is 4.86. The van der Waals surface area contributed by atoms with Crippen molar-refractivity contribution in [1.29, 1.82) is 0 Å². The molecule has 0 aliphatic rings. The lowest BCUT2D eigenvalue weighted by Crippen LogP contribution is -2.29. The highest BCUT2D eigenvalue weighted by Gasteiger charge is 2.30. The Kier molecular flexibility index (Phi) is 3.28. The molecule has 1 rings (SSSR count). The highest BCUT2D eigenvalue weighted by atomic mass is 16.4. The minimum atomic E-state index is -0.719. The Labute approximate surface area is 84.6 Å². The number of hydrogen-bond acceptors (Lipinski definition) is 1. The third-order valence-corrected chi connectivity index (χ3v) is 2.73. The van der Waals surface area contributed by atoms with E-state index in [1.807, 2.05) is 37.3 Å². The Morgan fingerprint density at radius 1 is 1.36 bits per heavy atom. The normalized spacial score (nSPS) is 14.7. The zero-order valence-electron chi connectivity index (χ0n) is 8.66. The molecule has 2 nitrogen and oxygen atoms in total. The standard InChI is InChI=1S/C12H16O2/c1-3-12(2,11(13)14)9-10-7-5-4-6-8-10/h4-8H,3,9H2,1-2H3,(H,13,14)/t12-/m1/s1. The third-order valence-electron chi connectivity index (χ3n) is 2.73. The van der Waals surface area contributed by atoms with E-state index in [9.17, 15) is 4.79 Å². The topological polar surface area (TPSA) is 37.3 Å². The number of carboxylic acids is 1. The lowest BCUT2D eigenvalue weighted by Gasteiger charge is -2.22. The predicted octanol–water partition coefficient (Wildman–Crippen LogP) is 2.73. The number of rotatable bonds is 4. The molecule has 0 unspecified atom stereocenters. The lowest BCUT2D eigenvalue weighted by atomic mass is 9.81. The molecule has 0 fully saturated rings. The second kappa shape index (κ2) is 4.27. The first-order valence-electron chi connectivity index (χ1n) is 4.86. The second-order valence-electron chi connectivity index (χ2n) is 3.88. The van der Waals surface area contributed by atoms with Crippen LogP contribution in [0.4, 0.5) is 0 Å². The van der Waals surface area contributed by atoms with Gasteiger partial charge in [0.1, 0.15) is 0 Å². The van der Waals surface area contributed by atoms with Crippen LogP contribution < -0.4 is 0 Å². The minimum absolute atomic E-state index is 0.597. The van der Waals surface area contributed by atoms with Crippen molar-refractivity contribution < 1.29 is 9.90 Å². The molecule has 0 aliphatic heterocycles. The maximum absolute atomic E-state index is 11.1. The number of hydrogen-bond donors (Lipinski definition) is 1. The van der Waals surface area contributed by atoms with Crippen molar-refractivity contribution in [2.24, 2.45) is 5.41 Å². The number of aliphatic carboxylic acids is 1. The molecule has 0 amide bonds. The van der Waals surface area contributed by atoms with Gasteiger partial charge in [0, 0.05) is 0 Å². The summed E-state index contributed by atoms with van der Waals surface area (Å²) in [6, 6.07) is 9.75. The molecular weight excluding hydrogens is 176 g/mol. The third kappa shape index (κ3) is 2.34. The molecule has 76 valence electrons. The Hall–Kier alpha value is -1.31. The monoisotopic (exact) mass is 192 g/mol. The van der Waals surface area contributed by atoms with Crippen LogP contribution in [-0.2, 0) is 11.2 Å². The molecule has 0 radical (unpaired) electrons. The van der Waals surface area contributed by atoms with Crippen LogP contribution in [-0.4, -0.2) is 11.1 Å². The van der Waals surface area contributed by atoms with Crippen LogP contribution >= 0.6 is 0 Å². The van der Waals surface area contributed by atoms with Gasteiger partial charge in [-0.25, -0.2) is 0 Å². The summed E-state index contributed by atoms with van der Waals surface area (Å²) in [5, 5.41) is 9.09. The summed E-state index contributed by atoms with van der Waals surface area (Å²) in [4.78, 5) is 11.1. The van der Waals surface area contributed by atoms with Gasteiger partial charge in [-0.3, -0.25) is 4.79 Å². The van der Waals surface area contributed by atoms with E-state index < -0.39 is 11.4 Å². The second-order valence-corrected chi connectivity index (χ2v) is 3.88. The van der Waals surface area contributed by atoms with E-state index in [1.165, 1.54) is 0 Å². The highest BCUT2D eigenvalue weighted by molar-refractivity contribution is 5.74. The molecular formula is C12H16O2. The summed E-state index contributed by atoms with van der Waals surface area (Å²) in [6.45, 7) is 3.71. The molecule has 1 N–H and O–H groups in total. The van der Waals surface area contributed by atoms with Crippen LogP contribution in [0.2, 0.25) is 0 Å². The van der Waals surface area contributed by atoms with E-state index in [0.29, 0.717) is 12.8 Å². The summed E-state index contributed by atoms with van der Waals surface area (Å²) in [5.74, 6) is -0.719. The van der Waals surface area contributed by atoms with Gasteiger partial charge < -0.3 is 5.11 Å². The minimum Gasteiger partial charge on any atom is -0.481 e. The molecule has 1 aromatic carbocycles. The maximum atomic E-state index is 11.1. The van der Waals surface area contributed by atoms with Crippen LogP contribution in [0.5, 0.6) is 0 Å². The van der Waals surface area contributed by atoms with Crippen molar-refractivity contribution in [1.82, 2.24) is 0 Å². The van der Waals surface area contributed by atoms with Gasteiger partial charge >= 0.3 is 5.97 Å². The van der Waals surface area contributed by atoms with Gasteiger partial charge in [0.25, 0.3) is 0 Å². The molecule has 0 spiro atoms. The first kappa shape index (κ1) is 10.8. The maximum Gasteiger partial charge on any atom is 0.309 e. The van der Waals surface area contributed by atoms with Crippen molar-refractivity contribution in [2.75, 3.05) is 0 Å². The Bertz CT molecular complexity index is 305. The van der Waals surface area contributed by atoms with Crippen molar-refractivity contribution in [2.45, 2.75) is 26.7 Å². The van der Waals surface area contributed by atoms with Gasteiger partial charge in [0.15, 0.2) is 0 Å². The molecule has 0 aliphatic carbocycles. The summed E-state index contributed by atoms with van der Waals surface area (Å²) < 4.78 is 0. The molecule has 0 bridgehead atoms. The van der Waals surface area contributed by atoms with Crippen molar-refractivity contribution in [3.8, 4) is 0 Å². The van der Waals surface area contributed by atoms with E-state index in [4.69, 9.17) is 5.11 Å². The molecule has 0 heterocycles. The number of carboxylic acid groups (broad SMARTS) is 1. The van der Waals surface area contributed by atoms with Gasteiger partial charge in [-0.05, 0) is 25.3 Å². The fourth-order valence-corrected chi connectivity index (χ4v) is 1.40. The summed E-state index contributed by atoms with van der Waals surface area (Å²) in [5.41, 5.74) is 0.445. The van der Waals surface area contributed by atoms with Crippen LogP contribution in [0, 0.1) is 5.41 Å². The molecule has 2 heteroatoms. The zero-order chi connectivity index (χ0) is 10.6. The molecule has 0 saturated carbocycles. The van der Waals surface area contributed by atoms with Gasteiger partial charge in [-0.1, -0.05) is 37.3 Å². The van der Waals surface area contributed by atoms with Crippen LogP contribution in [0.15, 0.2) is 30.3 Å². The Balaban J connectivity index is 2.81. The van der Waals surface area contributed by atoms with Gasteiger partial charge in [-0.15, -0.1) is 0 Å². The van der Waals surface area contributed by atoms with Crippen molar-refractivity contribution >= 4 is 5.97 Å². The van der Waals surface area contributed by atoms with E-state index in [0.717, 1.165) is 5.56 Å². The van der Waals surface area contributed by atoms with Crippen LogP contribution in [0.1, 0.15) is 25.8 Å². The lowest BCUT2D eigenvalue weighted by molar-refractivity contribution is -0.148. The Morgan fingerprint density at radius 2 is 1.93 bits per heavy atom. The predicted molar refractivity (Wildman–Crippen MR) is 56.2 cm³/mol. The number of carbonyl (C=O) groups is 1. The number of benzene rings is 1. The highest BCUT2D eigenvalue weighted by Crippen LogP contribution is 2.26. The van der Waals surface area contributed by atoms with Crippen molar-refractivity contribution in [3.63, 3.8) is 0 Å². The van der Waals surface area contributed by atoms with E-state index in [-0.39, 0.29) is 0 Å². The first-order chi connectivity index (χ1) is 6.58. The van der Waals surface area contributed by atoms with Crippen LogP contribution in [0.3, 0.4) is 0 Å². The zero-order valence-corrected chi connectivity index (χ0v) is 8.66. The average Bonchev–Trinajstić information content (AvgIpc) is 2.19. The quantitative estimate of drug-likeness (QED) is 0.796. The van der Waals surface area contributed by atoms with Crippen LogP contribution in [0.25, 0.3) is 0 Å². The SMILES string of the molecule is CC[C@](C)(Cc1ccccc1)C(=O)O. The van der Waals surface area contributed by atoms with Crippen molar-refractivity contribution in [3.05, 3.63) is 35.9 Å². The summed E-state index contributed by atoms with van der Waals surface area (Å²) in [6.07, 6.45) is 1.25. The molecule has 1 aromatic rings. The fourth-order valence-electron chi connectivity index (χ4n) is 1.40. The van der Waals surface area contributed by atoms with E-state index in [2.05, 4.69) is 0 Å². The largest absolute Gasteiger partial charge is 0.481 e. The molecule has 0 aromatic heterocycles. The van der Waals surface area contributed by atoms with E-state index >= 15 is 0 Å². The van der Waals surface area contributed by atoms with Gasteiger partial charge in [-0.2, -0.15) is 0 Å². The summed E-state index contributed by atoms with van der Waals surface area (Å²) in [7, 11) is 0. The fraction of sp³-hybridized carbons (Fsp3) is 0.417. The average molecular weight is 192 g/mol. The smallest absolute Gasteiger partial charge is 0.309 e. The van der Waals surface area contributed by atoms with Gasteiger partial charge in [0.05, 0.1) is 5.41 Å². The Morgan fingerprint density at radius 3 is 2.36 bits per heavy atom. The summed E-state index contributed by atoms with van der Waals surface area (Å²) >= 11 is 0. The van der Waals surface area contributed by atoms with Gasteiger partial charge in [0.2, 0.25) is 0 Å².